The fourth-order valence-corrected chi connectivity index (χ4v) is 1.65. The van der Waals surface area contributed by atoms with Crippen molar-refractivity contribution >= 4 is 17.1 Å². The van der Waals surface area contributed by atoms with E-state index in [1.54, 1.807) is 11.3 Å². The number of aliphatic hydroxyl groups excluding tert-OH is 1. The first-order chi connectivity index (χ1) is 5.59. The van der Waals surface area contributed by atoms with E-state index in [0.29, 0.717) is 6.42 Å². The van der Waals surface area contributed by atoms with Crippen LogP contribution in [0.25, 0.3) is 0 Å². The lowest BCUT2D eigenvalue weighted by Gasteiger charge is -2.00. The van der Waals surface area contributed by atoms with E-state index in [-0.39, 0.29) is 5.78 Å². The molecule has 1 aromatic heterocycles. The van der Waals surface area contributed by atoms with Crippen molar-refractivity contribution in [2.45, 2.75) is 26.4 Å². The molecule has 1 unspecified atom stereocenters. The Morgan fingerprint density at radius 2 is 2.42 bits per heavy atom. The number of rotatable bonds is 3. The maximum absolute atomic E-state index is 11.1. The molecule has 0 fully saturated rings. The minimum atomic E-state index is -0.842. The van der Waals surface area contributed by atoms with Gasteiger partial charge in [-0.15, -0.1) is 11.3 Å². The molecule has 0 aliphatic rings. The van der Waals surface area contributed by atoms with Crippen molar-refractivity contribution in [3.05, 3.63) is 21.9 Å². The SMILES string of the molecule is Cc1cc(CC(=O)C(C)O)cs1. The zero-order valence-corrected chi connectivity index (χ0v) is 8.02. The van der Waals surface area contributed by atoms with Gasteiger partial charge in [-0.05, 0) is 30.9 Å². The van der Waals surface area contributed by atoms with Crippen LogP contribution in [0, 0.1) is 6.92 Å². The molecule has 0 saturated carbocycles. The number of carbonyl (C=O) groups excluding carboxylic acids is 1. The van der Waals surface area contributed by atoms with Crippen molar-refractivity contribution in [2.24, 2.45) is 0 Å². The molecule has 0 spiro atoms. The largest absolute Gasteiger partial charge is 0.386 e. The van der Waals surface area contributed by atoms with Gasteiger partial charge in [-0.1, -0.05) is 0 Å². The molecular weight excluding hydrogens is 172 g/mol. The van der Waals surface area contributed by atoms with Crippen LogP contribution in [-0.2, 0) is 11.2 Å². The van der Waals surface area contributed by atoms with Gasteiger partial charge >= 0.3 is 0 Å². The summed E-state index contributed by atoms with van der Waals surface area (Å²) in [6.07, 6.45) is -0.493. The van der Waals surface area contributed by atoms with E-state index in [2.05, 4.69) is 0 Å². The van der Waals surface area contributed by atoms with Gasteiger partial charge in [-0.3, -0.25) is 4.79 Å². The Morgan fingerprint density at radius 1 is 1.75 bits per heavy atom. The highest BCUT2D eigenvalue weighted by Gasteiger charge is 2.09. The third-order valence-electron chi connectivity index (χ3n) is 1.63. The molecule has 66 valence electrons. The summed E-state index contributed by atoms with van der Waals surface area (Å²) < 4.78 is 0. The van der Waals surface area contributed by atoms with Crippen molar-refractivity contribution in [3.8, 4) is 0 Å². The van der Waals surface area contributed by atoms with Crippen molar-refractivity contribution in [2.75, 3.05) is 0 Å². The Bertz CT molecular complexity index is 276. The lowest BCUT2D eigenvalue weighted by Crippen LogP contribution is -2.17. The second-order valence-electron chi connectivity index (χ2n) is 2.88. The molecule has 1 N–H and O–H groups in total. The maximum atomic E-state index is 11.1. The van der Waals surface area contributed by atoms with Crippen LogP contribution in [0.1, 0.15) is 17.4 Å². The molecule has 2 nitrogen and oxygen atoms in total. The van der Waals surface area contributed by atoms with E-state index in [0.717, 1.165) is 5.56 Å². The molecule has 1 rings (SSSR count). The number of ketones is 1. The molecule has 0 bridgehead atoms. The molecule has 0 aliphatic carbocycles. The van der Waals surface area contributed by atoms with Crippen LogP contribution >= 0.6 is 11.3 Å². The summed E-state index contributed by atoms with van der Waals surface area (Å²) in [5.41, 5.74) is 1.00. The Hall–Kier alpha value is -0.670. The van der Waals surface area contributed by atoms with Crippen molar-refractivity contribution in [1.29, 1.82) is 0 Å². The Kier molecular flexibility index (Phi) is 3.00. The summed E-state index contributed by atoms with van der Waals surface area (Å²) >= 11 is 1.62. The third kappa shape index (κ3) is 2.43. The van der Waals surface area contributed by atoms with Gasteiger partial charge in [0.1, 0.15) is 6.10 Å². The fourth-order valence-electron chi connectivity index (χ4n) is 0.939. The normalized spacial score (nSPS) is 12.9. The lowest BCUT2D eigenvalue weighted by atomic mass is 10.1. The molecule has 0 radical (unpaired) electrons. The van der Waals surface area contributed by atoms with Gasteiger partial charge in [0.05, 0.1) is 0 Å². The summed E-state index contributed by atoms with van der Waals surface area (Å²) in [5.74, 6) is -0.118. The maximum Gasteiger partial charge on any atom is 0.165 e. The molecular formula is C9H12O2S. The van der Waals surface area contributed by atoms with E-state index in [1.807, 2.05) is 18.4 Å². The van der Waals surface area contributed by atoms with Crippen molar-refractivity contribution < 1.29 is 9.90 Å². The topological polar surface area (TPSA) is 37.3 Å². The number of Topliss-reactive ketones (excluding diaryl/α,β-unsaturated/α-hetero) is 1. The van der Waals surface area contributed by atoms with Crippen LogP contribution in [0.5, 0.6) is 0 Å². The Balaban J connectivity index is 2.58. The highest BCUT2D eigenvalue weighted by molar-refractivity contribution is 7.10. The predicted octanol–water partition coefficient (Wildman–Crippen LogP) is 1.55. The van der Waals surface area contributed by atoms with E-state index in [1.165, 1.54) is 11.8 Å². The predicted molar refractivity (Wildman–Crippen MR) is 49.4 cm³/mol. The molecule has 1 atom stereocenters. The second-order valence-corrected chi connectivity index (χ2v) is 4.00. The summed E-state index contributed by atoms with van der Waals surface area (Å²) in [5, 5.41) is 10.9. The van der Waals surface area contributed by atoms with E-state index in [9.17, 15) is 4.79 Å². The van der Waals surface area contributed by atoms with Gasteiger partial charge in [0.25, 0.3) is 0 Å². The fraction of sp³-hybridized carbons (Fsp3) is 0.444. The van der Waals surface area contributed by atoms with Crippen molar-refractivity contribution in [3.63, 3.8) is 0 Å². The van der Waals surface area contributed by atoms with E-state index < -0.39 is 6.10 Å². The van der Waals surface area contributed by atoms with Gasteiger partial charge in [-0.25, -0.2) is 0 Å². The van der Waals surface area contributed by atoms with Gasteiger partial charge < -0.3 is 5.11 Å². The van der Waals surface area contributed by atoms with Crippen LogP contribution in [0.2, 0.25) is 0 Å². The van der Waals surface area contributed by atoms with Crippen LogP contribution in [0.15, 0.2) is 11.4 Å². The minimum absolute atomic E-state index is 0.118. The summed E-state index contributed by atoms with van der Waals surface area (Å²) in [6.45, 7) is 3.50. The number of thiophene rings is 1. The number of hydrogen-bond donors (Lipinski definition) is 1. The summed E-state index contributed by atoms with van der Waals surface area (Å²) in [4.78, 5) is 12.3. The first kappa shape index (κ1) is 9.42. The average Bonchev–Trinajstić information content (AvgIpc) is 2.35. The molecule has 0 aliphatic heterocycles. The second kappa shape index (κ2) is 3.83. The van der Waals surface area contributed by atoms with Gasteiger partial charge in [0.15, 0.2) is 5.78 Å². The highest BCUT2D eigenvalue weighted by atomic mass is 32.1. The lowest BCUT2D eigenvalue weighted by molar-refractivity contribution is -0.125. The quantitative estimate of drug-likeness (QED) is 0.773. The molecule has 12 heavy (non-hydrogen) atoms. The smallest absolute Gasteiger partial charge is 0.165 e. The molecule has 0 amide bonds. The molecule has 1 aromatic rings. The van der Waals surface area contributed by atoms with Gasteiger partial charge in [-0.2, -0.15) is 0 Å². The van der Waals surface area contributed by atoms with Gasteiger partial charge in [0, 0.05) is 11.3 Å². The van der Waals surface area contributed by atoms with Crippen LogP contribution in [0.3, 0.4) is 0 Å². The first-order valence-corrected chi connectivity index (χ1v) is 4.72. The Labute approximate surface area is 75.9 Å². The zero-order valence-electron chi connectivity index (χ0n) is 7.20. The van der Waals surface area contributed by atoms with Crippen LogP contribution in [-0.4, -0.2) is 17.0 Å². The summed E-state index contributed by atoms with van der Waals surface area (Å²) in [6, 6.07) is 1.98. The molecule has 0 aromatic carbocycles. The molecule has 3 heteroatoms. The number of aliphatic hydroxyl groups is 1. The van der Waals surface area contributed by atoms with Gasteiger partial charge in [0.2, 0.25) is 0 Å². The first-order valence-electron chi connectivity index (χ1n) is 3.84. The summed E-state index contributed by atoms with van der Waals surface area (Å²) in [7, 11) is 0. The Morgan fingerprint density at radius 3 is 2.83 bits per heavy atom. The standard InChI is InChI=1S/C9H12O2S/c1-6-3-8(5-12-6)4-9(11)7(2)10/h3,5,7,10H,4H2,1-2H3. The van der Waals surface area contributed by atoms with E-state index >= 15 is 0 Å². The highest BCUT2D eigenvalue weighted by Crippen LogP contribution is 2.14. The molecule has 1 heterocycles. The third-order valence-corrected chi connectivity index (χ3v) is 2.54. The number of aryl methyl sites for hydroxylation is 1. The van der Waals surface area contributed by atoms with Crippen LogP contribution < -0.4 is 0 Å². The monoisotopic (exact) mass is 184 g/mol. The van der Waals surface area contributed by atoms with Crippen LogP contribution in [0.4, 0.5) is 0 Å². The average molecular weight is 184 g/mol. The zero-order chi connectivity index (χ0) is 9.14. The minimum Gasteiger partial charge on any atom is -0.386 e. The van der Waals surface area contributed by atoms with Crippen molar-refractivity contribution in [1.82, 2.24) is 0 Å². The molecule has 0 saturated heterocycles. The number of hydrogen-bond acceptors (Lipinski definition) is 3. The number of carbonyl (C=O) groups is 1. The van der Waals surface area contributed by atoms with E-state index in [4.69, 9.17) is 5.11 Å².